The highest BCUT2D eigenvalue weighted by molar-refractivity contribution is 5.99. The van der Waals surface area contributed by atoms with E-state index in [1.54, 1.807) is 43.0 Å². The first-order valence-corrected chi connectivity index (χ1v) is 22.3. The number of nitrogens with two attached hydrogens (primary N) is 1. The molecule has 1 heterocycles. The van der Waals surface area contributed by atoms with E-state index < -0.39 is 35.8 Å². The van der Waals surface area contributed by atoms with Gasteiger partial charge in [0.1, 0.15) is 12.1 Å². The summed E-state index contributed by atoms with van der Waals surface area (Å²) in [6, 6.07) is 19.7. The van der Waals surface area contributed by atoms with Crippen LogP contribution in [-0.2, 0) is 56.1 Å². The van der Waals surface area contributed by atoms with Gasteiger partial charge < -0.3 is 61.3 Å². The molecular weight excluding hydrogens is 851 g/mol. The molecule has 4 rings (SSSR count). The number of amides is 7. The molecule has 3 aromatic rings. The number of nitrogens with zero attached hydrogens (tertiary/aromatic N) is 1. The normalized spacial score (nSPS) is 13.2. The van der Waals surface area contributed by atoms with E-state index in [9.17, 15) is 33.9 Å². The maximum atomic E-state index is 13.4. The molecule has 0 fully saturated rings. The van der Waals surface area contributed by atoms with Crippen molar-refractivity contribution in [1.29, 1.82) is 0 Å². The molecule has 0 unspecified atom stereocenters. The van der Waals surface area contributed by atoms with Crippen molar-refractivity contribution in [2.45, 2.75) is 71.2 Å². The van der Waals surface area contributed by atoms with Gasteiger partial charge in [0.05, 0.1) is 71.7 Å². The van der Waals surface area contributed by atoms with E-state index in [0.29, 0.717) is 63.8 Å². The van der Waals surface area contributed by atoms with Crippen LogP contribution >= 0.6 is 0 Å². The molecule has 2 atom stereocenters. The zero-order valence-corrected chi connectivity index (χ0v) is 37.9. The minimum atomic E-state index is -0.981. The maximum absolute atomic E-state index is 13.4. The van der Waals surface area contributed by atoms with Gasteiger partial charge in [0.2, 0.25) is 29.5 Å². The summed E-state index contributed by atoms with van der Waals surface area (Å²) in [5.41, 5.74) is 10.1. The number of ether oxygens (including phenoxy) is 4. The first-order valence-electron chi connectivity index (χ1n) is 22.3. The Hall–Kier alpha value is -6.18. The first kappa shape index (κ1) is 52.4. The fraction of sp³-hybridized carbons (Fsp3) is 0.458. The number of anilines is 2. The fourth-order valence-electron chi connectivity index (χ4n) is 6.76. The van der Waals surface area contributed by atoms with Gasteiger partial charge in [-0.3, -0.25) is 24.0 Å². The Balaban J connectivity index is 1.01. The third kappa shape index (κ3) is 19.1. The minimum Gasteiger partial charge on any atom is -0.392 e. The van der Waals surface area contributed by atoms with Crippen molar-refractivity contribution in [3.8, 4) is 0 Å². The second-order valence-electron chi connectivity index (χ2n) is 15.7. The van der Waals surface area contributed by atoms with Crippen molar-refractivity contribution in [3.63, 3.8) is 0 Å². The number of rotatable bonds is 29. The van der Waals surface area contributed by atoms with Crippen LogP contribution in [0.3, 0.4) is 0 Å². The predicted octanol–water partition coefficient (Wildman–Crippen LogP) is 3.26. The standard InChI is InChI=1S/C48H65N7O11/c1-34(2)45(47(61)53-40(11-7-22-51-48(49)62)46(60)52-39-17-13-35(33-56)14-18-39)54-43(58)21-24-63-26-28-65-30-31-66-29-27-64-25-23-50-42(57)19-20-44(59)55-32-38-10-4-3-8-36(38)15-16-37-9-5-6-12-41(37)55/h3-6,8-10,12-18,34,40,45,56H,7,11,19-33H2,1-2H3,(H,50,57)(H,52,60)(H,53,61)(H,54,58)(H3,49,51,62)/b16-15-/t40-,45-/m0/s1. The number of urea groups is 1. The highest BCUT2D eigenvalue weighted by Gasteiger charge is 2.29. The maximum Gasteiger partial charge on any atom is 0.312 e. The average molecular weight is 916 g/mol. The van der Waals surface area contributed by atoms with E-state index in [0.717, 1.165) is 22.4 Å². The average Bonchev–Trinajstić information content (AvgIpc) is 3.30. The van der Waals surface area contributed by atoms with Crippen LogP contribution in [0.4, 0.5) is 16.2 Å². The van der Waals surface area contributed by atoms with Gasteiger partial charge in [0.15, 0.2) is 0 Å². The van der Waals surface area contributed by atoms with Gasteiger partial charge in [-0.2, -0.15) is 0 Å². The Morgan fingerprint density at radius 3 is 1.95 bits per heavy atom. The van der Waals surface area contributed by atoms with Gasteiger partial charge in [-0.15, -0.1) is 0 Å². The van der Waals surface area contributed by atoms with Crippen molar-refractivity contribution in [2.24, 2.45) is 11.7 Å². The van der Waals surface area contributed by atoms with Crippen LogP contribution in [0.2, 0.25) is 0 Å². The SMILES string of the molecule is CC(C)[C@H](NC(=O)CCOCCOCCOCCOCCNC(=O)CCC(=O)N1Cc2ccccc2/C=C\c2ccccc21)C(=O)N[C@@H](CCCNC(N)=O)C(=O)Nc1ccc(CO)cc1. The molecule has 0 saturated carbocycles. The number of nitrogens with one attached hydrogen (secondary N) is 5. The molecule has 3 aromatic carbocycles. The monoisotopic (exact) mass is 915 g/mol. The lowest BCUT2D eigenvalue weighted by Crippen LogP contribution is -2.54. The molecule has 0 saturated heterocycles. The topological polar surface area (TPSA) is 249 Å². The lowest BCUT2D eigenvalue weighted by atomic mass is 10.0. The molecule has 0 aromatic heterocycles. The van der Waals surface area contributed by atoms with Crippen LogP contribution in [-0.4, -0.2) is 119 Å². The summed E-state index contributed by atoms with van der Waals surface area (Å²) in [6.45, 7) is 6.58. The molecule has 0 bridgehead atoms. The molecule has 0 radical (unpaired) electrons. The third-order valence-corrected chi connectivity index (χ3v) is 10.4. The van der Waals surface area contributed by atoms with Crippen molar-refractivity contribution in [2.75, 3.05) is 76.2 Å². The summed E-state index contributed by atoms with van der Waals surface area (Å²) in [6.07, 6.45) is 4.73. The second kappa shape index (κ2) is 29.4. The van der Waals surface area contributed by atoms with Crippen LogP contribution in [0.25, 0.3) is 12.2 Å². The van der Waals surface area contributed by atoms with Crippen molar-refractivity contribution in [1.82, 2.24) is 21.3 Å². The number of fused-ring (bicyclic) bond motifs is 2. The molecule has 1 aliphatic heterocycles. The number of hydrogen-bond acceptors (Lipinski definition) is 11. The van der Waals surface area contributed by atoms with Crippen molar-refractivity contribution >= 4 is 59.1 Å². The van der Waals surface area contributed by atoms with Crippen LogP contribution < -0.4 is 37.2 Å². The summed E-state index contributed by atoms with van der Waals surface area (Å²) < 4.78 is 22.1. The molecular formula is C48H65N7O11. The van der Waals surface area contributed by atoms with E-state index in [2.05, 4.69) is 32.7 Å². The van der Waals surface area contributed by atoms with Gasteiger partial charge in [-0.25, -0.2) is 4.79 Å². The molecule has 18 heteroatoms. The molecule has 18 nitrogen and oxygen atoms in total. The van der Waals surface area contributed by atoms with Gasteiger partial charge >= 0.3 is 6.03 Å². The Kier molecular flexibility index (Phi) is 23.3. The third-order valence-electron chi connectivity index (χ3n) is 10.4. The summed E-state index contributed by atoms with van der Waals surface area (Å²) in [5, 5.41) is 22.8. The molecule has 0 aliphatic carbocycles. The number of aliphatic hydroxyl groups excluding tert-OH is 1. The summed E-state index contributed by atoms with van der Waals surface area (Å²) in [7, 11) is 0. The van der Waals surface area contributed by atoms with E-state index in [4.69, 9.17) is 24.7 Å². The van der Waals surface area contributed by atoms with Crippen LogP contribution in [0.5, 0.6) is 0 Å². The molecule has 358 valence electrons. The summed E-state index contributed by atoms with van der Waals surface area (Å²) in [5.74, 6) is -2.08. The van der Waals surface area contributed by atoms with Crippen LogP contribution in [0.1, 0.15) is 68.2 Å². The number of carbonyl (C=O) groups is 6. The lowest BCUT2D eigenvalue weighted by molar-refractivity contribution is -0.132. The zero-order chi connectivity index (χ0) is 47.5. The highest BCUT2D eigenvalue weighted by Crippen LogP contribution is 2.29. The number of carbonyl (C=O) groups excluding carboxylic acids is 6. The number of benzene rings is 3. The van der Waals surface area contributed by atoms with Crippen molar-refractivity contribution in [3.05, 3.63) is 95.1 Å². The molecule has 66 heavy (non-hydrogen) atoms. The number of para-hydroxylation sites is 1. The second-order valence-corrected chi connectivity index (χ2v) is 15.7. The van der Waals surface area contributed by atoms with E-state index in [1.165, 1.54) is 0 Å². The summed E-state index contributed by atoms with van der Waals surface area (Å²) >= 11 is 0. The fourth-order valence-corrected chi connectivity index (χ4v) is 6.76. The lowest BCUT2D eigenvalue weighted by Gasteiger charge is -2.27. The molecule has 0 spiro atoms. The van der Waals surface area contributed by atoms with E-state index in [1.807, 2.05) is 54.6 Å². The number of aliphatic hydroxyl groups is 1. The first-order chi connectivity index (χ1) is 31.9. The highest BCUT2D eigenvalue weighted by atomic mass is 16.6. The minimum absolute atomic E-state index is 0.00229. The molecule has 8 N–H and O–H groups in total. The Morgan fingerprint density at radius 1 is 0.667 bits per heavy atom. The molecule has 1 aliphatic rings. The Labute approximate surface area is 386 Å². The Bertz CT molecular complexity index is 2050. The smallest absolute Gasteiger partial charge is 0.312 e. The molecule has 7 amide bonds. The summed E-state index contributed by atoms with van der Waals surface area (Å²) in [4.78, 5) is 78.1. The largest absolute Gasteiger partial charge is 0.392 e. The number of hydrogen-bond donors (Lipinski definition) is 7. The van der Waals surface area contributed by atoms with Gasteiger partial charge in [-0.05, 0) is 59.2 Å². The van der Waals surface area contributed by atoms with Crippen molar-refractivity contribution < 1.29 is 52.8 Å². The van der Waals surface area contributed by atoms with Gasteiger partial charge in [0, 0.05) is 38.0 Å². The van der Waals surface area contributed by atoms with Gasteiger partial charge in [-0.1, -0.05) is 80.6 Å². The van der Waals surface area contributed by atoms with Crippen LogP contribution in [0, 0.1) is 5.92 Å². The van der Waals surface area contributed by atoms with E-state index in [-0.39, 0.29) is 76.4 Å². The van der Waals surface area contributed by atoms with E-state index >= 15 is 0 Å². The van der Waals surface area contributed by atoms with Gasteiger partial charge in [0.25, 0.3) is 0 Å². The Morgan fingerprint density at radius 2 is 1.29 bits per heavy atom. The number of primary amides is 1. The quantitative estimate of drug-likeness (QED) is 0.0498. The predicted molar refractivity (Wildman–Crippen MR) is 250 cm³/mol. The zero-order valence-electron chi connectivity index (χ0n) is 37.9. The van der Waals surface area contributed by atoms with Crippen LogP contribution in [0.15, 0.2) is 72.8 Å².